The lowest BCUT2D eigenvalue weighted by molar-refractivity contribution is -0.120. The van der Waals surface area contributed by atoms with E-state index < -0.39 is 5.82 Å². The number of piperazine rings is 1. The van der Waals surface area contributed by atoms with E-state index >= 15 is 0 Å². The van der Waals surface area contributed by atoms with Gasteiger partial charge in [-0.05, 0) is 12.1 Å². The molecule has 1 aromatic carbocycles. The standard InChI is InChI=1S/C13H15FN6O/c14-11-5-10(20-7-9(6-15)17-18-20)1-2-12(11)19-4-3-16-13(21)8-19/h1-2,5,7H,3-4,6,8,15H2,(H,16,21). The first-order valence-electron chi connectivity index (χ1n) is 6.60. The minimum atomic E-state index is -0.396. The van der Waals surface area contributed by atoms with Crippen molar-refractivity contribution in [2.24, 2.45) is 5.73 Å². The highest BCUT2D eigenvalue weighted by molar-refractivity contribution is 5.82. The van der Waals surface area contributed by atoms with Crippen LogP contribution < -0.4 is 16.0 Å². The third-order valence-electron chi connectivity index (χ3n) is 3.32. The molecule has 0 spiro atoms. The Kier molecular flexibility index (Phi) is 3.53. The molecule has 3 rings (SSSR count). The smallest absolute Gasteiger partial charge is 0.239 e. The van der Waals surface area contributed by atoms with Crippen molar-refractivity contribution in [1.29, 1.82) is 0 Å². The summed E-state index contributed by atoms with van der Waals surface area (Å²) in [5.41, 5.74) is 7.07. The Morgan fingerprint density at radius 1 is 1.43 bits per heavy atom. The number of hydrogen-bond donors (Lipinski definition) is 2. The largest absolute Gasteiger partial charge is 0.358 e. The Morgan fingerprint density at radius 3 is 2.95 bits per heavy atom. The Bertz CT molecular complexity index is 670. The molecule has 0 unspecified atom stereocenters. The van der Waals surface area contributed by atoms with Gasteiger partial charge in [-0.1, -0.05) is 5.21 Å². The van der Waals surface area contributed by atoms with E-state index in [1.165, 1.54) is 10.7 Å². The number of benzene rings is 1. The lowest BCUT2D eigenvalue weighted by Gasteiger charge is -2.28. The summed E-state index contributed by atoms with van der Waals surface area (Å²) in [6.07, 6.45) is 1.66. The number of hydrogen-bond acceptors (Lipinski definition) is 5. The number of halogens is 1. The van der Waals surface area contributed by atoms with Gasteiger partial charge in [0, 0.05) is 25.7 Å². The van der Waals surface area contributed by atoms with Gasteiger partial charge in [-0.15, -0.1) is 5.10 Å². The molecule has 7 nitrogen and oxygen atoms in total. The number of carbonyl (C=O) groups excluding carboxylic acids is 1. The number of aromatic nitrogens is 3. The third kappa shape index (κ3) is 2.70. The van der Waals surface area contributed by atoms with Crippen LogP contribution in [0.2, 0.25) is 0 Å². The van der Waals surface area contributed by atoms with Crippen LogP contribution in [0.4, 0.5) is 10.1 Å². The lowest BCUT2D eigenvalue weighted by Crippen LogP contribution is -2.48. The Labute approximate surface area is 120 Å². The first-order valence-corrected chi connectivity index (χ1v) is 6.60. The van der Waals surface area contributed by atoms with Crippen molar-refractivity contribution < 1.29 is 9.18 Å². The van der Waals surface area contributed by atoms with E-state index in [0.29, 0.717) is 30.2 Å². The molecule has 1 amide bonds. The summed E-state index contributed by atoms with van der Waals surface area (Å²) in [5, 5.41) is 10.5. The molecular formula is C13H15FN6O. The van der Waals surface area contributed by atoms with Crippen LogP contribution in [0.1, 0.15) is 5.69 Å². The molecule has 1 aromatic heterocycles. The SMILES string of the molecule is NCc1cn(-c2ccc(N3CCNC(=O)C3)c(F)c2)nn1. The fraction of sp³-hybridized carbons (Fsp3) is 0.308. The van der Waals surface area contributed by atoms with Crippen molar-refractivity contribution in [2.45, 2.75) is 6.54 Å². The topological polar surface area (TPSA) is 89.1 Å². The van der Waals surface area contributed by atoms with E-state index in [1.54, 1.807) is 23.2 Å². The lowest BCUT2D eigenvalue weighted by atomic mass is 10.2. The molecule has 2 aromatic rings. The van der Waals surface area contributed by atoms with Gasteiger partial charge in [0.05, 0.1) is 29.8 Å². The van der Waals surface area contributed by atoms with E-state index in [-0.39, 0.29) is 19.0 Å². The van der Waals surface area contributed by atoms with Gasteiger partial charge in [-0.2, -0.15) is 0 Å². The van der Waals surface area contributed by atoms with Gasteiger partial charge in [0.25, 0.3) is 0 Å². The van der Waals surface area contributed by atoms with Crippen molar-refractivity contribution in [3.63, 3.8) is 0 Å². The number of nitrogens with one attached hydrogen (secondary N) is 1. The number of anilines is 1. The fourth-order valence-electron chi connectivity index (χ4n) is 2.26. The van der Waals surface area contributed by atoms with Crippen LogP contribution in [0.15, 0.2) is 24.4 Å². The molecule has 0 atom stereocenters. The van der Waals surface area contributed by atoms with Gasteiger partial charge in [-0.3, -0.25) is 4.79 Å². The van der Waals surface area contributed by atoms with Gasteiger partial charge >= 0.3 is 0 Å². The van der Waals surface area contributed by atoms with Crippen LogP contribution in [0, 0.1) is 5.82 Å². The molecule has 0 saturated carbocycles. The number of carbonyl (C=O) groups is 1. The van der Waals surface area contributed by atoms with Crippen LogP contribution in [0.3, 0.4) is 0 Å². The van der Waals surface area contributed by atoms with Crippen LogP contribution in [-0.2, 0) is 11.3 Å². The van der Waals surface area contributed by atoms with Crippen molar-refractivity contribution in [3.8, 4) is 5.69 Å². The second kappa shape index (κ2) is 5.49. The molecule has 2 heterocycles. The third-order valence-corrected chi connectivity index (χ3v) is 3.32. The van der Waals surface area contributed by atoms with Crippen LogP contribution in [0.25, 0.3) is 5.69 Å². The minimum Gasteiger partial charge on any atom is -0.358 e. The highest BCUT2D eigenvalue weighted by Crippen LogP contribution is 2.22. The zero-order chi connectivity index (χ0) is 14.8. The molecule has 0 radical (unpaired) electrons. The predicted octanol–water partition coefficient (Wildman–Crippen LogP) is -0.199. The van der Waals surface area contributed by atoms with Gasteiger partial charge < -0.3 is 16.0 Å². The maximum Gasteiger partial charge on any atom is 0.239 e. The Morgan fingerprint density at radius 2 is 2.29 bits per heavy atom. The maximum atomic E-state index is 14.3. The monoisotopic (exact) mass is 290 g/mol. The summed E-state index contributed by atoms with van der Waals surface area (Å²) in [6, 6.07) is 4.75. The number of amides is 1. The van der Waals surface area contributed by atoms with Crippen LogP contribution >= 0.6 is 0 Å². The molecule has 0 aliphatic carbocycles. The summed E-state index contributed by atoms with van der Waals surface area (Å²) >= 11 is 0. The number of nitrogens with zero attached hydrogens (tertiary/aromatic N) is 4. The van der Waals surface area contributed by atoms with E-state index in [9.17, 15) is 9.18 Å². The molecule has 21 heavy (non-hydrogen) atoms. The average molecular weight is 290 g/mol. The van der Waals surface area contributed by atoms with Crippen molar-refractivity contribution in [1.82, 2.24) is 20.3 Å². The Balaban J connectivity index is 1.87. The number of nitrogens with two attached hydrogens (primary N) is 1. The van der Waals surface area contributed by atoms with E-state index in [4.69, 9.17) is 5.73 Å². The normalized spacial score (nSPS) is 15.1. The van der Waals surface area contributed by atoms with E-state index in [1.807, 2.05) is 0 Å². The summed E-state index contributed by atoms with van der Waals surface area (Å²) in [7, 11) is 0. The fourth-order valence-corrected chi connectivity index (χ4v) is 2.26. The molecule has 1 aliphatic heterocycles. The Hall–Kier alpha value is -2.48. The maximum absolute atomic E-state index is 14.3. The highest BCUT2D eigenvalue weighted by Gasteiger charge is 2.19. The summed E-state index contributed by atoms with van der Waals surface area (Å²) in [5.74, 6) is -0.499. The molecule has 8 heteroatoms. The van der Waals surface area contributed by atoms with Gasteiger partial charge in [-0.25, -0.2) is 9.07 Å². The molecular weight excluding hydrogens is 275 g/mol. The molecule has 110 valence electrons. The van der Waals surface area contributed by atoms with E-state index in [0.717, 1.165) is 0 Å². The van der Waals surface area contributed by atoms with Gasteiger partial charge in [0.15, 0.2) is 0 Å². The van der Waals surface area contributed by atoms with Crippen LogP contribution in [-0.4, -0.2) is 40.5 Å². The number of rotatable bonds is 3. The van der Waals surface area contributed by atoms with Gasteiger partial charge in [0.1, 0.15) is 5.82 Å². The molecule has 1 saturated heterocycles. The molecule has 3 N–H and O–H groups in total. The molecule has 0 bridgehead atoms. The zero-order valence-electron chi connectivity index (χ0n) is 11.3. The van der Waals surface area contributed by atoms with Crippen molar-refractivity contribution in [3.05, 3.63) is 35.9 Å². The average Bonchev–Trinajstić information content (AvgIpc) is 2.96. The zero-order valence-corrected chi connectivity index (χ0v) is 11.3. The van der Waals surface area contributed by atoms with Gasteiger partial charge in [0.2, 0.25) is 5.91 Å². The van der Waals surface area contributed by atoms with Crippen molar-refractivity contribution >= 4 is 11.6 Å². The summed E-state index contributed by atoms with van der Waals surface area (Å²) in [6.45, 7) is 1.55. The minimum absolute atomic E-state index is 0.103. The van der Waals surface area contributed by atoms with E-state index in [2.05, 4.69) is 15.6 Å². The first-order chi connectivity index (χ1) is 10.2. The molecule has 1 fully saturated rings. The second-order valence-electron chi connectivity index (χ2n) is 4.77. The first kappa shape index (κ1) is 13.5. The quantitative estimate of drug-likeness (QED) is 0.817. The molecule has 1 aliphatic rings. The van der Waals surface area contributed by atoms with Crippen molar-refractivity contribution in [2.75, 3.05) is 24.5 Å². The van der Waals surface area contributed by atoms with Crippen LogP contribution in [0.5, 0.6) is 0 Å². The summed E-state index contributed by atoms with van der Waals surface area (Å²) < 4.78 is 15.7. The second-order valence-corrected chi connectivity index (χ2v) is 4.77. The highest BCUT2D eigenvalue weighted by atomic mass is 19.1. The summed E-state index contributed by atoms with van der Waals surface area (Å²) in [4.78, 5) is 13.1. The predicted molar refractivity (Wildman–Crippen MR) is 74.4 cm³/mol.